The quantitative estimate of drug-likeness (QED) is 0.695. The van der Waals surface area contributed by atoms with Gasteiger partial charge in [-0.15, -0.1) is 0 Å². The zero-order valence-electron chi connectivity index (χ0n) is 14.8. The molecular formula is C20H21N5O2. The van der Waals surface area contributed by atoms with Crippen LogP contribution in [0.1, 0.15) is 12.8 Å². The van der Waals surface area contributed by atoms with Crippen LogP contribution in [0.25, 0.3) is 0 Å². The van der Waals surface area contributed by atoms with Crippen LogP contribution < -0.4 is 15.0 Å². The summed E-state index contributed by atoms with van der Waals surface area (Å²) in [4.78, 5) is 15.1. The first-order valence-corrected chi connectivity index (χ1v) is 8.98. The van der Waals surface area contributed by atoms with Crippen LogP contribution >= 0.6 is 0 Å². The van der Waals surface area contributed by atoms with Gasteiger partial charge in [0.15, 0.2) is 5.82 Å². The predicted octanol–water partition coefficient (Wildman–Crippen LogP) is 3.37. The van der Waals surface area contributed by atoms with Gasteiger partial charge in [-0.25, -0.2) is 15.0 Å². The van der Waals surface area contributed by atoms with Gasteiger partial charge in [0.2, 0.25) is 0 Å². The van der Waals surface area contributed by atoms with Gasteiger partial charge in [-0.2, -0.15) is 0 Å². The van der Waals surface area contributed by atoms with Crippen LogP contribution in [0.15, 0.2) is 61.1 Å². The molecule has 4 rings (SSSR count). The molecule has 1 atom stereocenters. The first kappa shape index (κ1) is 17.2. The summed E-state index contributed by atoms with van der Waals surface area (Å²) >= 11 is 0. The van der Waals surface area contributed by atoms with Crippen molar-refractivity contribution in [3.05, 3.63) is 61.1 Å². The van der Waals surface area contributed by atoms with E-state index in [0.29, 0.717) is 17.4 Å². The van der Waals surface area contributed by atoms with Crippen molar-refractivity contribution in [3.63, 3.8) is 0 Å². The Morgan fingerprint density at radius 3 is 2.67 bits per heavy atom. The molecule has 1 aliphatic rings. The summed E-state index contributed by atoms with van der Waals surface area (Å²) in [5, 5.41) is 12.8. The minimum absolute atomic E-state index is 0.0639. The van der Waals surface area contributed by atoms with E-state index >= 15 is 0 Å². The fourth-order valence-electron chi connectivity index (χ4n) is 3.19. The fraction of sp³-hybridized carbons (Fsp3) is 0.250. The van der Waals surface area contributed by atoms with Crippen molar-refractivity contribution in [2.24, 2.45) is 0 Å². The number of hydrogen-bond acceptors (Lipinski definition) is 7. The highest BCUT2D eigenvalue weighted by Crippen LogP contribution is 2.33. The zero-order chi connectivity index (χ0) is 18.5. The van der Waals surface area contributed by atoms with Gasteiger partial charge < -0.3 is 20.1 Å². The van der Waals surface area contributed by atoms with Crippen molar-refractivity contribution in [3.8, 4) is 11.6 Å². The van der Waals surface area contributed by atoms with E-state index in [4.69, 9.17) is 4.74 Å². The van der Waals surface area contributed by atoms with E-state index in [1.807, 2.05) is 42.5 Å². The van der Waals surface area contributed by atoms with Gasteiger partial charge in [0.1, 0.15) is 11.6 Å². The number of anilines is 3. The maximum atomic E-state index is 9.59. The standard InChI is InChI=1S/C20H21N5O2/c26-14-16-4-3-13-25(16)19-20(23-12-11-22-19)27-17-8-6-15(7-9-17)24-18-5-1-2-10-21-18/h1-2,5-12,16,26H,3-4,13-14H2,(H,21,24)/t16-/m0/s1. The number of nitrogens with zero attached hydrogens (tertiary/aromatic N) is 4. The van der Waals surface area contributed by atoms with E-state index in [1.54, 1.807) is 18.6 Å². The largest absolute Gasteiger partial charge is 0.436 e. The Morgan fingerprint density at radius 1 is 1.04 bits per heavy atom. The molecule has 0 unspecified atom stereocenters. The van der Waals surface area contributed by atoms with Gasteiger partial charge in [0, 0.05) is 30.8 Å². The molecule has 3 aromatic rings. The maximum absolute atomic E-state index is 9.59. The first-order valence-electron chi connectivity index (χ1n) is 8.98. The fourth-order valence-corrected chi connectivity index (χ4v) is 3.19. The van der Waals surface area contributed by atoms with Crippen LogP contribution in [0.3, 0.4) is 0 Å². The molecule has 1 aromatic carbocycles. The van der Waals surface area contributed by atoms with Crippen molar-refractivity contribution in [1.29, 1.82) is 0 Å². The zero-order valence-corrected chi connectivity index (χ0v) is 14.8. The minimum atomic E-state index is 0.0639. The minimum Gasteiger partial charge on any atom is -0.436 e. The van der Waals surface area contributed by atoms with Gasteiger partial charge in [0.05, 0.1) is 12.6 Å². The molecule has 1 saturated heterocycles. The topological polar surface area (TPSA) is 83.4 Å². The SMILES string of the molecule is OC[C@@H]1CCCN1c1nccnc1Oc1ccc(Nc2ccccn2)cc1. The van der Waals surface area contributed by atoms with Gasteiger partial charge in [-0.05, 0) is 49.2 Å². The van der Waals surface area contributed by atoms with E-state index in [-0.39, 0.29) is 12.6 Å². The molecule has 0 aliphatic carbocycles. The van der Waals surface area contributed by atoms with Crippen molar-refractivity contribution in [2.45, 2.75) is 18.9 Å². The Hall–Kier alpha value is -3.19. The van der Waals surface area contributed by atoms with E-state index in [0.717, 1.165) is 30.9 Å². The molecule has 2 aromatic heterocycles. The molecule has 1 fully saturated rings. The summed E-state index contributed by atoms with van der Waals surface area (Å²) in [7, 11) is 0. The van der Waals surface area contributed by atoms with Crippen LogP contribution in [0, 0.1) is 0 Å². The molecule has 1 aliphatic heterocycles. The number of benzene rings is 1. The molecule has 0 bridgehead atoms. The monoisotopic (exact) mass is 363 g/mol. The summed E-state index contributed by atoms with van der Waals surface area (Å²) < 4.78 is 5.98. The average molecular weight is 363 g/mol. The van der Waals surface area contributed by atoms with Crippen molar-refractivity contribution < 1.29 is 9.84 Å². The molecule has 2 N–H and O–H groups in total. The summed E-state index contributed by atoms with van der Waals surface area (Å²) in [6, 6.07) is 13.4. The molecule has 0 saturated carbocycles. The van der Waals surface area contributed by atoms with Crippen LogP contribution in [-0.2, 0) is 0 Å². The van der Waals surface area contributed by atoms with E-state index in [1.165, 1.54) is 0 Å². The predicted molar refractivity (Wildman–Crippen MR) is 104 cm³/mol. The molecule has 3 heterocycles. The lowest BCUT2D eigenvalue weighted by atomic mass is 10.2. The first-order chi connectivity index (χ1) is 13.3. The lowest BCUT2D eigenvalue weighted by Crippen LogP contribution is -2.33. The lowest BCUT2D eigenvalue weighted by molar-refractivity contribution is 0.265. The van der Waals surface area contributed by atoms with Crippen LogP contribution in [0.5, 0.6) is 11.6 Å². The van der Waals surface area contributed by atoms with Crippen molar-refractivity contribution in [1.82, 2.24) is 15.0 Å². The Morgan fingerprint density at radius 2 is 1.89 bits per heavy atom. The summed E-state index contributed by atoms with van der Waals surface area (Å²) in [5.41, 5.74) is 0.917. The third kappa shape index (κ3) is 3.98. The van der Waals surface area contributed by atoms with Gasteiger partial charge in [-0.3, -0.25) is 0 Å². The molecule has 7 nitrogen and oxygen atoms in total. The normalized spacial score (nSPS) is 16.3. The summed E-state index contributed by atoms with van der Waals surface area (Å²) in [6.07, 6.45) is 6.97. The Bertz CT molecular complexity index is 873. The molecule has 0 spiro atoms. The summed E-state index contributed by atoms with van der Waals surface area (Å²) in [6.45, 7) is 0.942. The third-order valence-corrected chi connectivity index (χ3v) is 4.51. The third-order valence-electron chi connectivity index (χ3n) is 4.51. The van der Waals surface area contributed by atoms with Gasteiger partial charge in [0.25, 0.3) is 5.88 Å². The van der Waals surface area contributed by atoms with E-state index in [2.05, 4.69) is 25.2 Å². The van der Waals surface area contributed by atoms with E-state index in [9.17, 15) is 5.11 Å². The highest BCUT2D eigenvalue weighted by Gasteiger charge is 2.28. The van der Waals surface area contributed by atoms with Gasteiger partial charge in [-0.1, -0.05) is 6.07 Å². The number of aliphatic hydroxyl groups excluding tert-OH is 1. The molecule has 0 radical (unpaired) electrons. The molecule has 7 heteroatoms. The second kappa shape index (κ2) is 8.01. The maximum Gasteiger partial charge on any atom is 0.263 e. The second-order valence-electron chi connectivity index (χ2n) is 6.32. The molecule has 138 valence electrons. The van der Waals surface area contributed by atoms with Crippen molar-refractivity contribution in [2.75, 3.05) is 23.4 Å². The van der Waals surface area contributed by atoms with Crippen molar-refractivity contribution >= 4 is 17.3 Å². The second-order valence-corrected chi connectivity index (χ2v) is 6.32. The number of hydrogen-bond donors (Lipinski definition) is 2. The van der Waals surface area contributed by atoms with E-state index < -0.39 is 0 Å². The smallest absolute Gasteiger partial charge is 0.263 e. The number of ether oxygens (including phenoxy) is 1. The van der Waals surface area contributed by atoms with Gasteiger partial charge >= 0.3 is 0 Å². The molecule has 0 amide bonds. The number of nitrogens with one attached hydrogen (secondary N) is 1. The summed E-state index contributed by atoms with van der Waals surface area (Å²) in [5.74, 6) is 2.57. The van der Waals surface area contributed by atoms with Crippen LogP contribution in [-0.4, -0.2) is 39.3 Å². The van der Waals surface area contributed by atoms with Crippen LogP contribution in [0.2, 0.25) is 0 Å². The highest BCUT2D eigenvalue weighted by molar-refractivity contribution is 5.57. The number of aliphatic hydroxyl groups is 1. The Labute approximate surface area is 157 Å². The lowest BCUT2D eigenvalue weighted by Gasteiger charge is -2.25. The number of rotatable bonds is 6. The van der Waals surface area contributed by atoms with Crippen LogP contribution in [0.4, 0.5) is 17.3 Å². The Balaban J connectivity index is 1.50. The number of pyridine rings is 1. The average Bonchev–Trinajstić information content (AvgIpc) is 3.19. The Kier molecular flexibility index (Phi) is 5.11. The molecular weight excluding hydrogens is 342 g/mol. The molecule has 27 heavy (non-hydrogen) atoms. The highest BCUT2D eigenvalue weighted by atomic mass is 16.5. The number of aromatic nitrogens is 3.